The van der Waals surface area contributed by atoms with E-state index in [1.165, 1.54) is 0 Å². The Morgan fingerprint density at radius 3 is 2.20 bits per heavy atom. The molecule has 0 unspecified atom stereocenters. The average Bonchev–Trinajstić information content (AvgIpc) is 2.07. The van der Waals surface area contributed by atoms with Gasteiger partial charge in [-0.2, -0.15) is 0 Å². The first kappa shape index (κ1) is 12.5. The Balaban J connectivity index is 2.40. The van der Waals surface area contributed by atoms with Gasteiger partial charge in [-0.05, 0) is 53.4 Å². The van der Waals surface area contributed by atoms with Crippen molar-refractivity contribution in [1.82, 2.24) is 0 Å². The second-order valence-electron chi connectivity index (χ2n) is 5.85. The van der Waals surface area contributed by atoms with Gasteiger partial charge in [0.2, 0.25) is 0 Å². The highest BCUT2D eigenvalue weighted by Crippen LogP contribution is 2.30. The van der Waals surface area contributed by atoms with Gasteiger partial charge in [-0.15, -0.1) is 0 Å². The van der Waals surface area contributed by atoms with Crippen LogP contribution in [0.5, 0.6) is 0 Å². The molecule has 3 heteroatoms. The zero-order valence-corrected chi connectivity index (χ0v) is 10.2. The highest BCUT2D eigenvalue weighted by Gasteiger charge is 2.32. The fraction of sp³-hybridized carbons (Fsp3) is 0.917. The number of ether oxygens (including phenoxy) is 1. The molecule has 0 aromatic carbocycles. The highest BCUT2D eigenvalue weighted by molar-refractivity contribution is 5.75. The van der Waals surface area contributed by atoms with Crippen LogP contribution in [-0.4, -0.2) is 22.8 Å². The standard InChI is InChI=1S/C12H22O3/c1-11(2,3)10(13)15-9-5-7-12(4,14)8-6-9/h9,14H,5-8H2,1-4H3/t9-,12-. The van der Waals surface area contributed by atoms with Crippen molar-refractivity contribution in [2.45, 2.75) is 65.1 Å². The van der Waals surface area contributed by atoms with Gasteiger partial charge >= 0.3 is 5.97 Å². The van der Waals surface area contributed by atoms with Crippen LogP contribution in [0.4, 0.5) is 0 Å². The molecule has 0 saturated heterocycles. The first-order valence-electron chi connectivity index (χ1n) is 5.64. The van der Waals surface area contributed by atoms with E-state index in [9.17, 15) is 9.90 Å². The van der Waals surface area contributed by atoms with Gasteiger partial charge in [-0.1, -0.05) is 0 Å². The fourth-order valence-corrected chi connectivity index (χ4v) is 1.66. The third-order valence-corrected chi connectivity index (χ3v) is 2.90. The molecule has 1 saturated carbocycles. The Labute approximate surface area is 91.8 Å². The van der Waals surface area contributed by atoms with Crippen molar-refractivity contribution in [3.05, 3.63) is 0 Å². The van der Waals surface area contributed by atoms with E-state index in [-0.39, 0.29) is 12.1 Å². The second kappa shape index (κ2) is 4.12. The van der Waals surface area contributed by atoms with Crippen LogP contribution in [0.1, 0.15) is 53.4 Å². The maximum atomic E-state index is 11.6. The SMILES string of the molecule is CC(C)(C)C(=O)O[C@H]1CC[C@](C)(O)CC1. The van der Waals surface area contributed by atoms with Crippen LogP contribution < -0.4 is 0 Å². The molecule has 0 aromatic rings. The number of rotatable bonds is 1. The summed E-state index contributed by atoms with van der Waals surface area (Å²) in [4.78, 5) is 11.6. The van der Waals surface area contributed by atoms with Gasteiger partial charge in [0.15, 0.2) is 0 Å². The monoisotopic (exact) mass is 214 g/mol. The average molecular weight is 214 g/mol. The summed E-state index contributed by atoms with van der Waals surface area (Å²) in [5, 5.41) is 9.75. The molecule has 1 aliphatic carbocycles. The van der Waals surface area contributed by atoms with E-state index in [1.807, 2.05) is 27.7 Å². The van der Waals surface area contributed by atoms with Crippen molar-refractivity contribution >= 4 is 5.97 Å². The third-order valence-electron chi connectivity index (χ3n) is 2.90. The Morgan fingerprint density at radius 1 is 1.33 bits per heavy atom. The molecular formula is C12H22O3. The number of aliphatic hydroxyl groups is 1. The summed E-state index contributed by atoms with van der Waals surface area (Å²) in [5.74, 6) is -0.144. The largest absolute Gasteiger partial charge is 0.462 e. The first-order valence-corrected chi connectivity index (χ1v) is 5.64. The summed E-state index contributed by atoms with van der Waals surface area (Å²) < 4.78 is 5.40. The van der Waals surface area contributed by atoms with Crippen molar-refractivity contribution in [3.8, 4) is 0 Å². The molecule has 0 radical (unpaired) electrons. The molecule has 3 nitrogen and oxygen atoms in total. The molecule has 1 rings (SSSR count). The van der Waals surface area contributed by atoms with E-state index >= 15 is 0 Å². The predicted molar refractivity (Wildman–Crippen MR) is 58.4 cm³/mol. The van der Waals surface area contributed by atoms with Crippen LogP contribution in [0.3, 0.4) is 0 Å². The minimum absolute atomic E-state index is 0.00282. The molecule has 0 bridgehead atoms. The van der Waals surface area contributed by atoms with Crippen molar-refractivity contribution < 1.29 is 14.6 Å². The van der Waals surface area contributed by atoms with E-state index in [0.29, 0.717) is 0 Å². The van der Waals surface area contributed by atoms with Crippen LogP contribution in [0.25, 0.3) is 0 Å². The zero-order valence-electron chi connectivity index (χ0n) is 10.2. The van der Waals surface area contributed by atoms with Crippen LogP contribution in [-0.2, 0) is 9.53 Å². The number of hydrogen-bond acceptors (Lipinski definition) is 3. The Bertz CT molecular complexity index is 228. The van der Waals surface area contributed by atoms with Crippen molar-refractivity contribution in [2.24, 2.45) is 5.41 Å². The van der Waals surface area contributed by atoms with Gasteiger partial charge < -0.3 is 9.84 Å². The molecule has 0 atom stereocenters. The minimum atomic E-state index is -0.565. The topological polar surface area (TPSA) is 46.5 Å². The molecular weight excluding hydrogens is 192 g/mol. The van der Waals surface area contributed by atoms with Gasteiger partial charge in [0.25, 0.3) is 0 Å². The lowest BCUT2D eigenvalue weighted by Gasteiger charge is -2.33. The fourth-order valence-electron chi connectivity index (χ4n) is 1.66. The molecule has 0 aromatic heterocycles. The Kier molecular flexibility index (Phi) is 3.44. The number of carbonyl (C=O) groups is 1. The van der Waals surface area contributed by atoms with E-state index < -0.39 is 11.0 Å². The smallest absolute Gasteiger partial charge is 0.311 e. The maximum absolute atomic E-state index is 11.6. The normalized spacial score (nSPS) is 32.5. The van der Waals surface area contributed by atoms with Crippen LogP contribution in [0.15, 0.2) is 0 Å². The Hall–Kier alpha value is -0.570. The number of carbonyl (C=O) groups excluding carboxylic acids is 1. The van der Waals surface area contributed by atoms with E-state index in [0.717, 1.165) is 25.7 Å². The summed E-state index contributed by atoms with van der Waals surface area (Å²) >= 11 is 0. The summed E-state index contributed by atoms with van der Waals surface area (Å²) in [6, 6.07) is 0. The third kappa shape index (κ3) is 3.82. The quantitative estimate of drug-likeness (QED) is 0.681. The van der Waals surface area contributed by atoms with Gasteiger partial charge in [0, 0.05) is 0 Å². The molecule has 0 heterocycles. The lowest BCUT2D eigenvalue weighted by Crippen LogP contribution is -2.36. The first-order chi connectivity index (χ1) is 6.71. The molecule has 0 aliphatic heterocycles. The van der Waals surface area contributed by atoms with E-state index in [2.05, 4.69) is 0 Å². The molecule has 1 fully saturated rings. The van der Waals surface area contributed by atoms with Gasteiger partial charge in [-0.3, -0.25) is 4.79 Å². The number of esters is 1. The van der Waals surface area contributed by atoms with Gasteiger partial charge in [0.05, 0.1) is 11.0 Å². The molecule has 15 heavy (non-hydrogen) atoms. The highest BCUT2D eigenvalue weighted by atomic mass is 16.5. The summed E-state index contributed by atoms with van der Waals surface area (Å²) in [6.07, 6.45) is 2.98. The summed E-state index contributed by atoms with van der Waals surface area (Å²) in [5.41, 5.74) is -0.995. The van der Waals surface area contributed by atoms with Gasteiger partial charge in [-0.25, -0.2) is 0 Å². The summed E-state index contributed by atoms with van der Waals surface area (Å²) in [6.45, 7) is 7.41. The molecule has 1 N–H and O–H groups in total. The van der Waals surface area contributed by atoms with Crippen molar-refractivity contribution in [1.29, 1.82) is 0 Å². The molecule has 0 amide bonds. The predicted octanol–water partition coefficient (Wildman–Crippen LogP) is 2.27. The molecule has 1 aliphatic rings. The van der Waals surface area contributed by atoms with Crippen molar-refractivity contribution in [3.63, 3.8) is 0 Å². The summed E-state index contributed by atoms with van der Waals surface area (Å²) in [7, 11) is 0. The second-order valence-corrected chi connectivity index (χ2v) is 5.85. The minimum Gasteiger partial charge on any atom is -0.462 e. The number of hydrogen-bond donors (Lipinski definition) is 1. The van der Waals surface area contributed by atoms with Crippen molar-refractivity contribution in [2.75, 3.05) is 0 Å². The lowest BCUT2D eigenvalue weighted by molar-refractivity contribution is -0.162. The van der Waals surface area contributed by atoms with E-state index in [1.54, 1.807) is 0 Å². The van der Waals surface area contributed by atoms with Gasteiger partial charge in [0.1, 0.15) is 6.10 Å². The van der Waals surface area contributed by atoms with E-state index in [4.69, 9.17) is 4.74 Å². The van der Waals surface area contributed by atoms with Crippen LogP contribution in [0, 0.1) is 5.41 Å². The lowest BCUT2D eigenvalue weighted by atomic mass is 9.85. The van der Waals surface area contributed by atoms with Crippen LogP contribution >= 0.6 is 0 Å². The van der Waals surface area contributed by atoms with Crippen LogP contribution in [0.2, 0.25) is 0 Å². The maximum Gasteiger partial charge on any atom is 0.311 e. The zero-order chi connectivity index (χ0) is 11.7. The Morgan fingerprint density at radius 2 is 1.80 bits per heavy atom. The molecule has 88 valence electrons. The molecule has 0 spiro atoms.